The van der Waals surface area contributed by atoms with Crippen LogP contribution in [-0.2, 0) is 22.9 Å². The highest BCUT2D eigenvalue weighted by Crippen LogP contribution is 2.31. The second-order valence-electron chi connectivity index (χ2n) is 7.62. The molecule has 0 amide bonds. The molecule has 1 saturated heterocycles. The molecule has 1 heterocycles. The van der Waals surface area contributed by atoms with Gasteiger partial charge in [0, 0.05) is 41.8 Å². The van der Waals surface area contributed by atoms with Crippen molar-refractivity contribution < 1.29 is 8.42 Å². The monoisotopic (exact) mass is 440 g/mol. The first-order valence-electron chi connectivity index (χ1n) is 9.42. The van der Waals surface area contributed by atoms with E-state index in [2.05, 4.69) is 10.2 Å². The first kappa shape index (κ1) is 21.6. The van der Waals surface area contributed by atoms with Crippen molar-refractivity contribution in [1.29, 1.82) is 0 Å². The van der Waals surface area contributed by atoms with Crippen LogP contribution in [0.25, 0.3) is 0 Å². The molecule has 2 aromatic carbocycles. The normalized spacial score (nSPS) is 21.3. The molecule has 0 radical (unpaired) electrons. The van der Waals surface area contributed by atoms with E-state index in [-0.39, 0.29) is 17.0 Å². The van der Waals surface area contributed by atoms with Crippen LogP contribution in [0.4, 0.5) is 0 Å². The number of nitrogens with zero attached hydrogens (tertiary/aromatic N) is 1. The predicted octanol–water partition coefficient (Wildman–Crippen LogP) is 4.16. The molecular weight excluding hydrogens is 415 g/mol. The van der Waals surface area contributed by atoms with E-state index in [4.69, 9.17) is 23.2 Å². The van der Waals surface area contributed by atoms with Crippen LogP contribution in [0.2, 0.25) is 10.0 Å². The van der Waals surface area contributed by atoms with Crippen molar-refractivity contribution in [3.05, 3.63) is 69.7 Å². The van der Waals surface area contributed by atoms with Gasteiger partial charge in [-0.05, 0) is 36.6 Å². The SMILES string of the molecule is C[C@@]1(N(CCNCc2ccccc2Cl)Cc2ccccc2Cl)CCS(=O)(=O)C1. The summed E-state index contributed by atoms with van der Waals surface area (Å²) in [7, 11) is -2.99. The fraction of sp³-hybridized carbons (Fsp3) is 0.429. The third-order valence-electron chi connectivity index (χ3n) is 5.40. The largest absolute Gasteiger partial charge is 0.311 e. The Morgan fingerprint density at radius 2 is 1.64 bits per heavy atom. The van der Waals surface area contributed by atoms with E-state index in [1.54, 1.807) is 0 Å². The molecule has 1 fully saturated rings. The molecule has 0 spiro atoms. The van der Waals surface area contributed by atoms with Gasteiger partial charge in [-0.3, -0.25) is 4.90 Å². The summed E-state index contributed by atoms with van der Waals surface area (Å²) in [5, 5.41) is 4.88. The minimum Gasteiger partial charge on any atom is -0.311 e. The van der Waals surface area contributed by atoms with Gasteiger partial charge < -0.3 is 5.32 Å². The zero-order valence-corrected chi connectivity index (χ0v) is 18.3. The first-order chi connectivity index (χ1) is 13.3. The third kappa shape index (κ3) is 5.49. The number of nitrogens with one attached hydrogen (secondary N) is 1. The number of halogens is 2. The molecule has 0 saturated carbocycles. The van der Waals surface area contributed by atoms with Gasteiger partial charge in [0.05, 0.1) is 11.5 Å². The second kappa shape index (κ2) is 9.14. The molecule has 0 bridgehead atoms. The van der Waals surface area contributed by atoms with Crippen LogP contribution in [0, 0.1) is 0 Å². The standard InChI is InChI=1S/C21H26Cl2N2O2S/c1-21(10-13-28(26,27)16-21)25(15-18-7-3-5-9-20(18)23)12-11-24-14-17-6-2-4-8-19(17)22/h2-9,24H,10-16H2,1H3/t21-/m1/s1. The van der Waals surface area contributed by atoms with Crippen molar-refractivity contribution in [1.82, 2.24) is 10.2 Å². The van der Waals surface area contributed by atoms with Crippen molar-refractivity contribution in [3.8, 4) is 0 Å². The summed E-state index contributed by atoms with van der Waals surface area (Å²) >= 11 is 12.6. The fourth-order valence-electron chi connectivity index (χ4n) is 3.69. The van der Waals surface area contributed by atoms with E-state index in [0.29, 0.717) is 24.5 Å². The van der Waals surface area contributed by atoms with Crippen LogP contribution >= 0.6 is 23.2 Å². The van der Waals surface area contributed by atoms with E-state index in [9.17, 15) is 8.42 Å². The highest BCUT2D eigenvalue weighted by Gasteiger charge is 2.42. The molecule has 3 rings (SSSR count). The Balaban J connectivity index is 1.68. The average Bonchev–Trinajstić information content (AvgIpc) is 2.94. The molecular formula is C21H26Cl2N2O2S. The van der Waals surface area contributed by atoms with E-state index >= 15 is 0 Å². The Hall–Kier alpha value is -1.11. The Morgan fingerprint density at radius 1 is 1.04 bits per heavy atom. The number of benzene rings is 2. The van der Waals surface area contributed by atoms with Crippen LogP contribution < -0.4 is 5.32 Å². The summed E-state index contributed by atoms with van der Waals surface area (Å²) in [5.74, 6) is 0.435. The van der Waals surface area contributed by atoms with Gasteiger partial charge in [-0.1, -0.05) is 59.6 Å². The van der Waals surface area contributed by atoms with Crippen LogP contribution in [0.1, 0.15) is 24.5 Å². The summed E-state index contributed by atoms with van der Waals surface area (Å²) in [6.07, 6.45) is 0.643. The molecule has 0 aromatic heterocycles. The lowest BCUT2D eigenvalue weighted by Crippen LogP contribution is -2.49. The lowest BCUT2D eigenvalue weighted by atomic mass is 9.98. The zero-order valence-electron chi connectivity index (χ0n) is 16.0. The summed E-state index contributed by atoms with van der Waals surface area (Å²) < 4.78 is 24.3. The van der Waals surface area contributed by atoms with E-state index in [1.807, 2.05) is 55.5 Å². The minimum absolute atomic E-state index is 0.189. The van der Waals surface area contributed by atoms with Crippen molar-refractivity contribution >= 4 is 33.0 Å². The number of rotatable bonds is 8. The molecule has 0 aliphatic carbocycles. The van der Waals surface area contributed by atoms with E-state index < -0.39 is 9.84 Å². The second-order valence-corrected chi connectivity index (χ2v) is 10.6. The van der Waals surface area contributed by atoms with Gasteiger partial charge in [0.2, 0.25) is 0 Å². The van der Waals surface area contributed by atoms with Gasteiger partial charge in [0.15, 0.2) is 9.84 Å². The van der Waals surface area contributed by atoms with E-state index in [1.165, 1.54) is 0 Å². The molecule has 1 aliphatic rings. The Morgan fingerprint density at radius 3 is 2.21 bits per heavy atom. The highest BCUT2D eigenvalue weighted by atomic mass is 35.5. The Bertz CT molecular complexity index is 920. The van der Waals surface area contributed by atoms with Gasteiger partial charge in [0.1, 0.15) is 0 Å². The average molecular weight is 441 g/mol. The van der Waals surface area contributed by atoms with Gasteiger partial charge >= 0.3 is 0 Å². The first-order valence-corrected chi connectivity index (χ1v) is 12.0. The third-order valence-corrected chi connectivity index (χ3v) is 8.02. The summed E-state index contributed by atoms with van der Waals surface area (Å²) in [4.78, 5) is 2.25. The quantitative estimate of drug-likeness (QED) is 0.625. The van der Waals surface area contributed by atoms with Gasteiger partial charge in [-0.2, -0.15) is 0 Å². The lowest BCUT2D eigenvalue weighted by molar-refractivity contribution is 0.118. The van der Waals surface area contributed by atoms with Gasteiger partial charge in [-0.25, -0.2) is 8.42 Å². The Kier molecular flexibility index (Phi) is 7.05. The van der Waals surface area contributed by atoms with Crippen molar-refractivity contribution in [3.63, 3.8) is 0 Å². The number of hydrogen-bond acceptors (Lipinski definition) is 4. The lowest BCUT2D eigenvalue weighted by Gasteiger charge is -2.38. The molecule has 7 heteroatoms. The molecule has 1 atom stereocenters. The maximum absolute atomic E-state index is 12.1. The smallest absolute Gasteiger partial charge is 0.152 e. The van der Waals surface area contributed by atoms with Crippen LogP contribution in [0.3, 0.4) is 0 Å². The Labute approximate surface area is 177 Å². The molecule has 4 nitrogen and oxygen atoms in total. The molecule has 152 valence electrons. The molecule has 1 N–H and O–H groups in total. The van der Waals surface area contributed by atoms with Gasteiger partial charge in [0.25, 0.3) is 0 Å². The van der Waals surface area contributed by atoms with Crippen molar-refractivity contribution in [2.45, 2.75) is 32.0 Å². The number of hydrogen-bond donors (Lipinski definition) is 1. The fourth-order valence-corrected chi connectivity index (χ4v) is 6.26. The topological polar surface area (TPSA) is 49.4 Å². The van der Waals surface area contributed by atoms with Gasteiger partial charge in [-0.15, -0.1) is 0 Å². The molecule has 2 aromatic rings. The molecule has 0 unspecified atom stereocenters. The van der Waals surface area contributed by atoms with Crippen LogP contribution in [0.5, 0.6) is 0 Å². The highest BCUT2D eigenvalue weighted by molar-refractivity contribution is 7.91. The van der Waals surface area contributed by atoms with Crippen molar-refractivity contribution in [2.24, 2.45) is 0 Å². The maximum Gasteiger partial charge on any atom is 0.152 e. The number of sulfone groups is 1. The summed E-state index contributed by atoms with van der Waals surface area (Å²) in [6.45, 7) is 4.80. The van der Waals surface area contributed by atoms with E-state index in [0.717, 1.165) is 29.2 Å². The summed E-state index contributed by atoms with van der Waals surface area (Å²) in [6, 6.07) is 15.5. The predicted molar refractivity (Wildman–Crippen MR) is 117 cm³/mol. The summed E-state index contributed by atoms with van der Waals surface area (Å²) in [5.41, 5.74) is 1.68. The van der Waals surface area contributed by atoms with Crippen molar-refractivity contribution in [2.75, 3.05) is 24.6 Å². The molecule has 1 aliphatic heterocycles. The van der Waals surface area contributed by atoms with Crippen LogP contribution in [-0.4, -0.2) is 43.5 Å². The minimum atomic E-state index is -2.99. The van der Waals surface area contributed by atoms with Crippen LogP contribution in [0.15, 0.2) is 48.5 Å². The zero-order chi connectivity index (χ0) is 20.2. The molecule has 28 heavy (non-hydrogen) atoms. The maximum atomic E-state index is 12.1.